The van der Waals surface area contributed by atoms with Crippen LogP contribution in [0.3, 0.4) is 0 Å². The first-order valence-corrected chi connectivity index (χ1v) is 5.32. The van der Waals surface area contributed by atoms with Gasteiger partial charge < -0.3 is 9.90 Å². The first-order chi connectivity index (χ1) is 8.43. The zero-order valence-electron chi connectivity index (χ0n) is 13.2. The number of hydrogen-bond acceptors (Lipinski definition) is 2. The van der Waals surface area contributed by atoms with Gasteiger partial charge in [0.15, 0.2) is 0 Å². The summed E-state index contributed by atoms with van der Waals surface area (Å²) in [5.41, 5.74) is -2.80. The molecule has 0 aromatic heterocycles. The van der Waals surface area contributed by atoms with E-state index in [0.717, 1.165) is 4.90 Å². The molecule has 1 amide bonds. The lowest BCUT2D eigenvalue weighted by molar-refractivity contribution is -0.129. The minimum atomic E-state index is -2.25. The van der Waals surface area contributed by atoms with Crippen LogP contribution >= 0.6 is 0 Å². The molecule has 1 saturated heterocycles. The van der Waals surface area contributed by atoms with Crippen LogP contribution < -0.4 is 0 Å². The lowest BCUT2D eigenvalue weighted by atomic mass is 9.67. The van der Waals surface area contributed by atoms with Gasteiger partial charge in [-0.1, -0.05) is 27.7 Å². The van der Waals surface area contributed by atoms with Crippen molar-refractivity contribution in [2.45, 2.75) is 46.0 Å². The molecular weight excluding hydrogens is 206 g/mol. The van der Waals surface area contributed by atoms with Crippen molar-refractivity contribution in [1.82, 2.24) is 4.90 Å². The number of nitrogens with zero attached hydrogens (tertiary/aromatic N) is 1. The largest absolute Gasteiger partial charge is 0.465 e. The van der Waals surface area contributed by atoms with Crippen molar-refractivity contribution in [3.63, 3.8) is 0 Å². The van der Waals surface area contributed by atoms with E-state index in [1.165, 1.54) is 0 Å². The van der Waals surface area contributed by atoms with Crippen LogP contribution in [-0.2, 0) is 4.79 Å². The number of likely N-dealkylation sites (tertiary alicyclic amines) is 1. The van der Waals surface area contributed by atoms with Gasteiger partial charge in [0.25, 0.3) is 0 Å². The zero-order chi connectivity index (χ0) is 15.2. The molecule has 0 aliphatic carbocycles. The van der Waals surface area contributed by atoms with Crippen LogP contribution in [0, 0.1) is 11.3 Å². The summed E-state index contributed by atoms with van der Waals surface area (Å²) >= 11 is 0. The lowest BCUT2D eigenvalue weighted by Crippen LogP contribution is -2.63. The van der Waals surface area contributed by atoms with Crippen molar-refractivity contribution in [2.75, 3.05) is 6.54 Å². The Morgan fingerprint density at radius 1 is 1.62 bits per heavy atom. The Kier molecular flexibility index (Phi) is 2.30. The Balaban J connectivity index is 3.57. The minimum Gasteiger partial charge on any atom is -0.465 e. The summed E-state index contributed by atoms with van der Waals surface area (Å²) in [5.74, 6) is -0.471. The third-order valence-electron chi connectivity index (χ3n) is 3.03. The van der Waals surface area contributed by atoms with Crippen LogP contribution in [0.1, 0.15) is 44.6 Å². The van der Waals surface area contributed by atoms with Crippen LogP contribution in [0.15, 0.2) is 0 Å². The molecule has 0 aromatic rings. The van der Waals surface area contributed by atoms with E-state index >= 15 is 0 Å². The van der Waals surface area contributed by atoms with Gasteiger partial charge in [0.05, 0.1) is 0 Å². The van der Waals surface area contributed by atoms with Gasteiger partial charge in [-0.2, -0.15) is 0 Å². The van der Waals surface area contributed by atoms with Crippen LogP contribution in [0.5, 0.6) is 0 Å². The second-order valence-electron chi connectivity index (χ2n) is 5.32. The van der Waals surface area contributed by atoms with Gasteiger partial charge in [-0.25, -0.2) is 4.79 Å². The molecule has 1 heterocycles. The fourth-order valence-corrected chi connectivity index (χ4v) is 1.96. The molecule has 92 valence electrons. The van der Waals surface area contributed by atoms with Gasteiger partial charge in [0.2, 0.25) is 0 Å². The molecule has 4 heteroatoms. The SMILES string of the molecule is [2H]C1[C@H](C)CN(C(=O)O)[C@@](C=O)(C(C)(C)C)C1([2H])[2H]. The summed E-state index contributed by atoms with van der Waals surface area (Å²) in [6.07, 6.45) is -4.35. The maximum atomic E-state index is 11.7. The predicted molar refractivity (Wildman–Crippen MR) is 61.4 cm³/mol. The Hall–Kier alpha value is -1.06. The van der Waals surface area contributed by atoms with Gasteiger partial charge >= 0.3 is 6.09 Å². The molecule has 16 heavy (non-hydrogen) atoms. The first kappa shape index (κ1) is 9.02. The number of aldehydes is 1. The molecule has 1 fully saturated rings. The van der Waals surface area contributed by atoms with E-state index in [9.17, 15) is 14.7 Å². The van der Waals surface area contributed by atoms with E-state index in [1.807, 2.05) is 0 Å². The summed E-state index contributed by atoms with van der Waals surface area (Å²) in [7, 11) is 0. The second-order valence-corrected chi connectivity index (χ2v) is 5.32. The highest BCUT2D eigenvalue weighted by atomic mass is 16.4. The summed E-state index contributed by atoms with van der Waals surface area (Å²) in [5, 5.41) is 9.34. The van der Waals surface area contributed by atoms with Crippen molar-refractivity contribution in [3.8, 4) is 0 Å². The number of carbonyl (C=O) groups is 2. The van der Waals surface area contributed by atoms with Crippen LogP contribution in [-0.4, -0.2) is 34.5 Å². The maximum Gasteiger partial charge on any atom is 0.408 e. The van der Waals surface area contributed by atoms with Crippen LogP contribution in [0.25, 0.3) is 0 Å². The fraction of sp³-hybridized carbons (Fsp3) is 0.833. The Labute approximate surface area is 101 Å². The van der Waals surface area contributed by atoms with E-state index < -0.39 is 35.7 Å². The number of rotatable bonds is 1. The highest BCUT2D eigenvalue weighted by molar-refractivity contribution is 5.76. The summed E-state index contributed by atoms with van der Waals surface area (Å²) < 4.78 is 24.4. The molecule has 0 bridgehead atoms. The normalized spacial score (nSPS) is 41.8. The van der Waals surface area contributed by atoms with Gasteiger partial charge in [-0.05, 0) is 24.1 Å². The number of hydrogen-bond donors (Lipinski definition) is 1. The minimum absolute atomic E-state index is 0.0149. The Morgan fingerprint density at radius 3 is 2.56 bits per heavy atom. The average molecular weight is 230 g/mol. The van der Waals surface area contributed by atoms with Crippen LogP contribution in [0.2, 0.25) is 0 Å². The Bertz CT molecular complexity index is 394. The van der Waals surface area contributed by atoms with Crippen molar-refractivity contribution >= 4 is 12.4 Å². The molecule has 1 aliphatic heterocycles. The second kappa shape index (κ2) is 4.07. The highest BCUT2D eigenvalue weighted by Crippen LogP contribution is 2.42. The number of carbonyl (C=O) groups excluding carboxylic acids is 1. The van der Waals surface area contributed by atoms with E-state index in [1.54, 1.807) is 27.7 Å². The summed E-state index contributed by atoms with van der Waals surface area (Å²) in [6, 6.07) is 0. The number of carboxylic acid groups (broad SMARTS) is 1. The lowest BCUT2D eigenvalue weighted by Gasteiger charge is -2.51. The molecule has 3 atom stereocenters. The quantitative estimate of drug-likeness (QED) is 0.704. The molecule has 0 aromatic carbocycles. The maximum absolute atomic E-state index is 11.7. The summed E-state index contributed by atoms with van der Waals surface area (Å²) in [6.45, 7) is 6.48. The van der Waals surface area contributed by atoms with Crippen molar-refractivity contribution < 1.29 is 18.8 Å². The molecule has 4 nitrogen and oxygen atoms in total. The zero-order valence-corrected chi connectivity index (χ0v) is 10.2. The van der Waals surface area contributed by atoms with Gasteiger partial charge in [0.1, 0.15) is 11.8 Å². The van der Waals surface area contributed by atoms with Crippen molar-refractivity contribution in [3.05, 3.63) is 0 Å². The molecular formula is C12H21NO3. The Morgan fingerprint density at radius 2 is 2.19 bits per heavy atom. The molecule has 0 radical (unpaired) electrons. The standard InChI is InChI=1S/C12H21NO3/c1-9-5-6-12(8-14,11(2,3)4)13(7-9)10(15)16/h8-9H,5-7H2,1-4H3,(H,15,16)/t9-,12-/m0/s1/i5D,6D2/t5?,9-,12-. The average Bonchev–Trinajstić information content (AvgIpc) is 2.23. The first-order valence-electron chi connectivity index (χ1n) is 6.90. The van der Waals surface area contributed by atoms with E-state index in [-0.39, 0.29) is 6.54 Å². The molecule has 0 spiro atoms. The number of piperidine rings is 1. The molecule has 0 saturated carbocycles. The summed E-state index contributed by atoms with van der Waals surface area (Å²) in [4.78, 5) is 24.0. The highest BCUT2D eigenvalue weighted by Gasteiger charge is 2.51. The van der Waals surface area contributed by atoms with Gasteiger partial charge in [-0.3, -0.25) is 4.90 Å². The third-order valence-corrected chi connectivity index (χ3v) is 3.03. The smallest absolute Gasteiger partial charge is 0.408 e. The van der Waals surface area contributed by atoms with Crippen molar-refractivity contribution in [2.24, 2.45) is 11.3 Å². The van der Waals surface area contributed by atoms with Gasteiger partial charge in [0, 0.05) is 10.7 Å². The fourth-order valence-electron chi connectivity index (χ4n) is 1.96. The van der Waals surface area contributed by atoms with E-state index in [4.69, 9.17) is 4.11 Å². The van der Waals surface area contributed by atoms with Crippen molar-refractivity contribution in [1.29, 1.82) is 0 Å². The number of amides is 1. The topological polar surface area (TPSA) is 57.6 Å². The van der Waals surface area contributed by atoms with Crippen LogP contribution in [0.4, 0.5) is 4.79 Å². The molecule has 1 N–H and O–H groups in total. The van der Waals surface area contributed by atoms with Gasteiger partial charge in [-0.15, -0.1) is 0 Å². The molecule has 1 rings (SSSR count). The molecule has 1 aliphatic rings. The monoisotopic (exact) mass is 230 g/mol. The third kappa shape index (κ3) is 1.93. The molecule has 1 unspecified atom stereocenters. The van der Waals surface area contributed by atoms with E-state index in [2.05, 4.69) is 0 Å². The predicted octanol–water partition coefficient (Wildman–Crippen LogP) is 2.38. The van der Waals surface area contributed by atoms with E-state index in [0.29, 0.717) is 6.29 Å².